The van der Waals surface area contributed by atoms with Gasteiger partial charge < -0.3 is 17.2 Å². The monoisotopic (exact) mass is 195 g/mol. The fourth-order valence-corrected chi connectivity index (χ4v) is 2.37. The van der Waals surface area contributed by atoms with E-state index >= 15 is 0 Å². The lowest BCUT2D eigenvalue weighted by atomic mass is 9.96. The van der Waals surface area contributed by atoms with Gasteiger partial charge in [0.1, 0.15) is 0 Å². The minimum absolute atomic E-state index is 0.0191. The quantitative estimate of drug-likeness (QED) is 0.397. The van der Waals surface area contributed by atoms with Crippen LogP contribution in [-0.4, -0.2) is 18.0 Å². The molecule has 0 aromatic carbocycles. The molecule has 0 amide bonds. The van der Waals surface area contributed by atoms with Gasteiger partial charge in [-0.15, -0.1) is 0 Å². The van der Waals surface area contributed by atoms with E-state index in [2.05, 4.69) is 9.98 Å². The van der Waals surface area contributed by atoms with Crippen LogP contribution in [-0.2, 0) is 0 Å². The van der Waals surface area contributed by atoms with Crippen molar-refractivity contribution in [1.82, 2.24) is 0 Å². The van der Waals surface area contributed by atoms with E-state index < -0.39 is 0 Å². The first-order valence-electron chi connectivity index (χ1n) is 5.09. The van der Waals surface area contributed by atoms with Crippen LogP contribution < -0.4 is 17.2 Å². The highest BCUT2D eigenvalue weighted by molar-refractivity contribution is 5.92. The van der Waals surface area contributed by atoms with Crippen LogP contribution in [0.15, 0.2) is 9.98 Å². The second-order valence-electron chi connectivity index (χ2n) is 4.18. The molecule has 0 radical (unpaired) electrons. The number of nitrogens with zero attached hydrogens (tertiary/aromatic N) is 2. The van der Waals surface area contributed by atoms with Crippen molar-refractivity contribution in [3.8, 4) is 0 Å². The zero-order chi connectivity index (χ0) is 10.1. The third-order valence-corrected chi connectivity index (χ3v) is 3.09. The smallest absolute Gasteiger partial charge is 0.218 e. The molecule has 0 aromatic rings. The maximum atomic E-state index is 5.59. The second kappa shape index (κ2) is 3.48. The van der Waals surface area contributed by atoms with E-state index in [-0.39, 0.29) is 11.9 Å². The number of nitrogens with two attached hydrogens (primary N) is 3. The van der Waals surface area contributed by atoms with Gasteiger partial charge in [0.2, 0.25) is 5.96 Å². The Labute approximate surface area is 83.5 Å². The van der Waals surface area contributed by atoms with Crippen molar-refractivity contribution in [2.45, 2.75) is 31.7 Å². The highest BCUT2D eigenvalue weighted by Crippen LogP contribution is 2.50. The minimum Gasteiger partial charge on any atom is -0.370 e. The Bertz CT molecular complexity index is 279. The van der Waals surface area contributed by atoms with Gasteiger partial charge in [-0.05, 0) is 24.7 Å². The Morgan fingerprint density at radius 2 is 1.93 bits per heavy atom. The van der Waals surface area contributed by atoms with E-state index in [4.69, 9.17) is 17.2 Å². The Morgan fingerprint density at radius 1 is 1.14 bits per heavy atom. The molecule has 3 atom stereocenters. The first-order chi connectivity index (χ1) is 6.66. The Morgan fingerprint density at radius 3 is 2.64 bits per heavy atom. The summed E-state index contributed by atoms with van der Waals surface area (Å²) in [6, 6.07) is 0.358. The maximum Gasteiger partial charge on any atom is 0.218 e. The zero-order valence-corrected chi connectivity index (χ0v) is 8.19. The number of guanidine groups is 2. The van der Waals surface area contributed by atoms with Gasteiger partial charge in [-0.2, -0.15) is 4.99 Å². The molecule has 0 heterocycles. The van der Waals surface area contributed by atoms with Gasteiger partial charge in [0, 0.05) is 0 Å². The molecule has 5 heteroatoms. The Hall–Kier alpha value is -1.26. The highest BCUT2D eigenvalue weighted by atomic mass is 15.1. The third-order valence-electron chi connectivity index (χ3n) is 3.09. The molecule has 0 saturated heterocycles. The summed E-state index contributed by atoms with van der Waals surface area (Å²) in [5, 5.41) is 0. The van der Waals surface area contributed by atoms with Crippen molar-refractivity contribution in [2.24, 2.45) is 39.0 Å². The summed E-state index contributed by atoms with van der Waals surface area (Å²) in [4.78, 5) is 8.07. The molecule has 14 heavy (non-hydrogen) atoms. The normalized spacial score (nSPS) is 36.0. The molecule has 0 spiro atoms. The summed E-state index contributed by atoms with van der Waals surface area (Å²) < 4.78 is 0. The molecule has 0 aliphatic heterocycles. The van der Waals surface area contributed by atoms with Crippen molar-refractivity contribution in [1.29, 1.82) is 0 Å². The SMILES string of the molecule is NC(N)=NC(N)=NC1CCCC2CC21. The van der Waals surface area contributed by atoms with Crippen LogP contribution in [0.5, 0.6) is 0 Å². The van der Waals surface area contributed by atoms with Crippen LogP contribution in [0.25, 0.3) is 0 Å². The molecule has 5 nitrogen and oxygen atoms in total. The van der Waals surface area contributed by atoms with Crippen LogP contribution in [0.2, 0.25) is 0 Å². The van der Waals surface area contributed by atoms with Gasteiger partial charge in [-0.25, -0.2) is 4.99 Å². The predicted octanol–water partition coefficient (Wildman–Crippen LogP) is -0.237. The fourth-order valence-electron chi connectivity index (χ4n) is 2.37. The summed E-state index contributed by atoms with van der Waals surface area (Å²) in [5.41, 5.74) is 16.0. The second-order valence-corrected chi connectivity index (χ2v) is 4.18. The van der Waals surface area contributed by atoms with Crippen molar-refractivity contribution in [3.63, 3.8) is 0 Å². The van der Waals surface area contributed by atoms with Crippen LogP contribution >= 0.6 is 0 Å². The first-order valence-corrected chi connectivity index (χ1v) is 5.09. The van der Waals surface area contributed by atoms with Crippen molar-refractivity contribution >= 4 is 11.9 Å². The van der Waals surface area contributed by atoms with E-state index in [1.54, 1.807) is 0 Å². The molecule has 2 rings (SSSR count). The molecule has 78 valence electrons. The largest absolute Gasteiger partial charge is 0.370 e. The molecular weight excluding hydrogens is 178 g/mol. The molecule has 0 aromatic heterocycles. The summed E-state index contributed by atoms with van der Waals surface area (Å²) in [7, 11) is 0. The molecule has 2 aliphatic carbocycles. The number of hydrogen-bond acceptors (Lipinski definition) is 1. The van der Waals surface area contributed by atoms with Crippen LogP contribution in [0.1, 0.15) is 25.7 Å². The summed E-state index contributed by atoms with van der Waals surface area (Å²) in [5.74, 6) is 1.85. The molecule has 3 unspecified atom stereocenters. The molecule has 6 N–H and O–H groups in total. The van der Waals surface area contributed by atoms with Gasteiger partial charge in [0.25, 0.3) is 0 Å². The van der Waals surface area contributed by atoms with E-state index in [0.29, 0.717) is 6.04 Å². The van der Waals surface area contributed by atoms with Crippen molar-refractivity contribution < 1.29 is 0 Å². The standard InChI is InChI=1S/C9H17N5/c10-8(11)14-9(12)13-7-3-1-2-5-4-6(5)7/h5-7H,1-4H2,(H6,10,11,12,13,14). The van der Waals surface area contributed by atoms with Crippen LogP contribution in [0.4, 0.5) is 0 Å². The summed E-state index contributed by atoms with van der Waals surface area (Å²) in [6.07, 6.45) is 5.05. The molecule has 2 aliphatic rings. The van der Waals surface area contributed by atoms with E-state index in [9.17, 15) is 0 Å². The molecular formula is C9H17N5. The Balaban J connectivity index is 1.98. The average Bonchev–Trinajstić information content (AvgIpc) is 2.81. The predicted molar refractivity (Wildman–Crippen MR) is 56.7 cm³/mol. The van der Waals surface area contributed by atoms with E-state index in [0.717, 1.165) is 18.3 Å². The van der Waals surface area contributed by atoms with E-state index in [1.807, 2.05) is 0 Å². The Kier molecular flexibility index (Phi) is 2.31. The lowest BCUT2D eigenvalue weighted by Crippen LogP contribution is -2.27. The topological polar surface area (TPSA) is 103 Å². The van der Waals surface area contributed by atoms with Crippen LogP contribution in [0.3, 0.4) is 0 Å². The third kappa shape index (κ3) is 1.97. The molecule has 2 fully saturated rings. The van der Waals surface area contributed by atoms with Gasteiger partial charge in [-0.1, -0.05) is 12.8 Å². The van der Waals surface area contributed by atoms with E-state index in [1.165, 1.54) is 19.3 Å². The number of hydrogen-bond donors (Lipinski definition) is 3. The lowest BCUT2D eigenvalue weighted by molar-refractivity contribution is 0.420. The van der Waals surface area contributed by atoms with Crippen molar-refractivity contribution in [2.75, 3.05) is 0 Å². The van der Waals surface area contributed by atoms with Gasteiger partial charge >= 0.3 is 0 Å². The lowest BCUT2D eigenvalue weighted by Gasteiger charge is -2.16. The van der Waals surface area contributed by atoms with Gasteiger partial charge in [0.15, 0.2) is 5.96 Å². The maximum absolute atomic E-state index is 5.59. The first kappa shape index (κ1) is 9.30. The zero-order valence-electron chi connectivity index (χ0n) is 8.19. The number of fused-ring (bicyclic) bond motifs is 1. The molecule has 2 saturated carbocycles. The van der Waals surface area contributed by atoms with Gasteiger partial charge in [-0.3, -0.25) is 0 Å². The number of aliphatic imine (C=N–C) groups is 2. The molecule has 0 bridgehead atoms. The summed E-state index contributed by atoms with van der Waals surface area (Å²) in [6.45, 7) is 0. The highest BCUT2D eigenvalue weighted by Gasteiger charge is 2.45. The van der Waals surface area contributed by atoms with Crippen LogP contribution in [0, 0.1) is 11.8 Å². The average molecular weight is 195 g/mol. The fraction of sp³-hybridized carbons (Fsp3) is 0.778. The van der Waals surface area contributed by atoms with Gasteiger partial charge in [0.05, 0.1) is 6.04 Å². The summed E-state index contributed by atoms with van der Waals surface area (Å²) >= 11 is 0. The minimum atomic E-state index is -0.0191. The number of rotatable bonds is 1. The van der Waals surface area contributed by atoms with Crippen molar-refractivity contribution in [3.05, 3.63) is 0 Å².